The molecule has 1 N–H and O–H groups in total. The summed E-state index contributed by atoms with van der Waals surface area (Å²) in [5.41, 5.74) is 0. The zero-order valence-corrected chi connectivity index (χ0v) is 9.75. The van der Waals surface area contributed by atoms with Crippen molar-refractivity contribution in [1.29, 1.82) is 0 Å². The van der Waals surface area contributed by atoms with Crippen LogP contribution < -0.4 is 5.32 Å². The number of nitrogens with zero attached hydrogens (tertiary/aromatic N) is 1. The Hall–Kier alpha value is -0.120. The summed E-state index contributed by atoms with van der Waals surface area (Å²) in [5.74, 6) is 0. The van der Waals surface area contributed by atoms with Gasteiger partial charge in [-0.15, -0.1) is 0 Å². The van der Waals surface area contributed by atoms with Crippen molar-refractivity contribution >= 4 is 0 Å². The highest BCUT2D eigenvalue weighted by Gasteiger charge is 2.32. The van der Waals surface area contributed by atoms with Crippen LogP contribution in [-0.2, 0) is 4.74 Å². The molecule has 1 atom stereocenters. The van der Waals surface area contributed by atoms with Crippen molar-refractivity contribution in [2.75, 3.05) is 33.4 Å². The second-order valence-electron chi connectivity index (χ2n) is 3.98. The average molecular weight is 200 g/mol. The van der Waals surface area contributed by atoms with Gasteiger partial charge in [-0.25, -0.2) is 0 Å². The minimum Gasteiger partial charge on any atom is -0.383 e. The molecule has 0 spiro atoms. The van der Waals surface area contributed by atoms with E-state index in [-0.39, 0.29) is 0 Å². The average Bonchev–Trinajstić information content (AvgIpc) is 2.99. The fraction of sp³-hybridized carbons (Fsp3) is 1.00. The topological polar surface area (TPSA) is 24.5 Å². The fourth-order valence-electron chi connectivity index (χ4n) is 2.00. The molecule has 1 aliphatic rings. The summed E-state index contributed by atoms with van der Waals surface area (Å²) < 4.78 is 5.28. The van der Waals surface area contributed by atoms with Gasteiger partial charge < -0.3 is 10.1 Å². The first-order valence-corrected chi connectivity index (χ1v) is 5.78. The van der Waals surface area contributed by atoms with Crippen LogP contribution in [0, 0.1) is 0 Å². The van der Waals surface area contributed by atoms with Gasteiger partial charge in [0, 0.05) is 25.7 Å². The molecule has 0 aromatic carbocycles. The van der Waals surface area contributed by atoms with Crippen LogP contribution in [0.2, 0.25) is 0 Å². The summed E-state index contributed by atoms with van der Waals surface area (Å²) in [7, 11) is 1.79. The van der Waals surface area contributed by atoms with Gasteiger partial charge in [-0.2, -0.15) is 0 Å². The number of hydrogen-bond acceptors (Lipinski definition) is 3. The Balaban J connectivity index is 2.36. The van der Waals surface area contributed by atoms with E-state index < -0.39 is 0 Å². The molecule has 3 heteroatoms. The van der Waals surface area contributed by atoms with Gasteiger partial charge in [-0.3, -0.25) is 4.90 Å². The van der Waals surface area contributed by atoms with Crippen molar-refractivity contribution in [2.45, 2.75) is 38.8 Å². The maximum absolute atomic E-state index is 5.28. The van der Waals surface area contributed by atoms with E-state index in [9.17, 15) is 0 Å². The van der Waals surface area contributed by atoms with E-state index in [0.29, 0.717) is 6.04 Å². The molecule has 1 fully saturated rings. The first-order chi connectivity index (χ1) is 6.83. The van der Waals surface area contributed by atoms with Crippen LogP contribution in [0.5, 0.6) is 0 Å². The van der Waals surface area contributed by atoms with Crippen molar-refractivity contribution in [3.05, 3.63) is 0 Å². The molecule has 14 heavy (non-hydrogen) atoms. The van der Waals surface area contributed by atoms with Crippen LogP contribution in [-0.4, -0.2) is 50.3 Å². The summed E-state index contributed by atoms with van der Waals surface area (Å²) in [6, 6.07) is 1.39. The summed E-state index contributed by atoms with van der Waals surface area (Å²) in [6.07, 6.45) is 2.75. The molecule has 0 aromatic heterocycles. The molecule has 0 saturated heterocycles. The molecule has 1 unspecified atom stereocenters. The van der Waals surface area contributed by atoms with E-state index in [1.54, 1.807) is 7.11 Å². The molecule has 1 aliphatic carbocycles. The van der Waals surface area contributed by atoms with Gasteiger partial charge >= 0.3 is 0 Å². The van der Waals surface area contributed by atoms with Crippen LogP contribution in [0.1, 0.15) is 26.7 Å². The van der Waals surface area contributed by atoms with Gasteiger partial charge in [0.25, 0.3) is 0 Å². The number of ether oxygens (including phenoxy) is 1. The maximum atomic E-state index is 5.28. The predicted molar refractivity (Wildman–Crippen MR) is 59.6 cm³/mol. The molecule has 0 amide bonds. The van der Waals surface area contributed by atoms with E-state index in [1.807, 2.05) is 0 Å². The van der Waals surface area contributed by atoms with Gasteiger partial charge in [-0.05, 0) is 25.9 Å². The second kappa shape index (κ2) is 6.38. The SMILES string of the molecule is CCNCC(COC)N(CC)C1CC1. The zero-order valence-electron chi connectivity index (χ0n) is 9.75. The Morgan fingerprint density at radius 1 is 1.43 bits per heavy atom. The van der Waals surface area contributed by atoms with Gasteiger partial charge in [0.15, 0.2) is 0 Å². The van der Waals surface area contributed by atoms with E-state index >= 15 is 0 Å². The first kappa shape index (κ1) is 12.0. The van der Waals surface area contributed by atoms with Gasteiger partial charge in [-0.1, -0.05) is 13.8 Å². The van der Waals surface area contributed by atoms with Crippen LogP contribution in [0.4, 0.5) is 0 Å². The fourth-order valence-corrected chi connectivity index (χ4v) is 2.00. The Labute approximate surface area is 87.8 Å². The standard InChI is InChI=1S/C11H24N2O/c1-4-12-8-11(9-14-3)13(5-2)10-6-7-10/h10-12H,4-9H2,1-3H3. The van der Waals surface area contributed by atoms with E-state index in [2.05, 4.69) is 24.1 Å². The van der Waals surface area contributed by atoms with Crippen molar-refractivity contribution in [3.8, 4) is 0 Å². The van der Waals surface area contributed by atoms with Gasteiger partial charge in [0.05, 0.1) is 6.61 Å². The molecular formula is C11H24N2O. The second-order valence-corrected chi connectivity index (χ2v) is 3.98. The lowest BCUT2D eigenvalue weighted by molar-refractivity contribution is 0.0877. The maximum Gasteiger partial charge on any atom is 0.0630 e. The molecule has 1 saturated carbocycles. The largest absolute Gasteiger partial charge is 0.383 e. The third-order valence-electron chi connectivity index (χ3n) is 2.84. The van der Waals surface area contributed by atoms with Crippen LogP contribution in [0.3, 0.4) is 0 Å². The van der Waals surface area contributed by atoms with E-state index in [0.717, 1.165) is 32.3 Å². The van der Waals surface area contributed by atoms with Crippen LogP contribution >= 0.6 is 0 Å². The predicted octanol–water partition coefficient (Wildman–Crippen LogP) is 1.10. The molecule has 0 bridgehead atoms. The number of rotatable bonds is 8. The van der Waals surface area contributed by atoms with Crippen LogP contribution in [0.25, 0.3) is 0 Å². The van der Waals surface area contributed by atoms with E-state index in [1.165, 1.54) is 12.8 Å². The van der Waals surface area contributed by atoms with E-state index in [4.69, 9.17) is 4.74 Å². The lowest BCUT2D eigenvalue weighted by Crippen LogP contribution is -2.46. The number of methoxy groups -OCH3 is 1. The van der Waals surface area contributed by atoms with Crippen molar-refractivity contribution in [1.82, 2.24) is 10.2 Å². The number of likely N-dealkylation sites (N-methyl/N-ethyl adjacent to an activating group) is 2. The molecule has 0 aliphatic heterocycles. The number of hydrogen-bond donors (Lipinski definition) is 1. The Bertz CT molecular complexity index is 148. The molecule has 0 heterocycles. The van der Waals surface area contributed by atoms with Gasteiger partial charge in [0.1, 0.15) is 0 Å². The highest BCUT2D eigenvalue weighted by molar-refractivity contribution is 4.88. The third kappa shape index (κ3) is 3.56. The molecule has 84 valence electrons. The summed E-state index contributed by atoms with van der Waals surface area (Å²) >= 11 is 0. The van der Waals surface area contributed by atoms with Crippen molar-refractivity contribution < 1.29 is 4.74 Å². The minimum absolute atomic E-state index is 0.553. The normalized spacial score (nSPS) is 18.9. The van der Waals surface area contributed by atoms with Crippen molar-refractivity contribution in [3.63, 3.8) is 0 Å². The Morgan fingerprint density at radius 2 is 2.14 bits per heavy atom. The summed E-state index contributed by atoms with van der Waals surface area (Å²) in [4.78, 5) is 2.58. The lowest BCUT2D eigenvalue weighted by atomic mass is 10.2. The lowest BCUT2D eigenvalue weighted by Gasteiger charge is -2.30. The Morgan fingerprint density at radius 3 is 2.57 bits per heavy atom. The van der Waals surface area contributed by atoms with Crippen LogP contribution in [0.15, 0.2) is 0 Å². The molecule has 0 radical (unpaired) electrons. The summed E-state index contributed by atoms with van der Waals surface area (Å²) in [5, 5.41) is 3.41. The quantitative estimate of drug-likeness (QED) is 0.635. The zero-order chi connectivity index (χ0) is 10.4. The minimum atomic E-state index is 0.553. The molecular weight excluding hydrogens is 176 g/mol. The molecule has 1 rings (SSSR count). The first-order valence-electron chi connectivity index (χ1n) is 5.78. The molecule has 3 nitrogen and oxygen atoms in total. The molecule has 0 aromatic rings. The highest BCUT2D eigenvalue weighted by Crippen LogP contribution is 2.28. The third-order valence-corrected chi connectivity index (χ3v) is 2.84. The van der Waals surface area contributed by atoms with Gasteiger partial charge in [0.2, 0.25) is 0 Å². The Kier molecular flexibility index (Phi) is 5.45. The number of nitrogens with one attached hydrogen (secondary N) is 1. The monoisotopic (exact) mass is 200 g/mol. The van der Waals surface area contributed by atoms with Crippen molar-refractivity contribution in [2.24, 2.45) is 0 Å². The summed E-state index contributed by atoms with van der Waals surface area (Å²) in [6.45, 7) is 8.47. The highest BCUT2D eigenvalue weighted by atomic mass is 16.5. The smallest absolute Gasteiger partial charge is 0.0630 e.